The Morgan fingerprint density at radius 3 is 2.66 bits per heavy atom. The van der Waals surface area contributed by atoms with Crippen molar-refractivity contribution >= 4 is 17.4 Å². The van der Waals surface area contributed by atoms with Gasteiger partial charge in [-0.1, -0.05) is 13.8 Å². The molecule has 1 heterocycles. The lowest BCUT2D eigenvalue weighted by Gasteiger charge is -2.58. The van der Waals surface area contributed by atoms with E-state index in [0.717, 1.165) is 50.1 Å². The molecule has 4 unspecified atom stereocenters. The highest BCUT2D eigenvalue weighted by Crippen LogP contribution is 2.64. The lowest BCUT2D eigenvalue weighted by atomic mass is 9.50. The molecule has 4 aliphatic rings. The van der Waals surface area contributed by atoms with Crippen molar-refractivity contribution in [1.29, 1.82) is 0 Å². The smallest absolute Gasteiger partial charge is 0.403 e. The van der Waals surface area contributed by atoms with Crippen LogP contribution in [0.2, 0.25) is 0 Å². The summed E-state index contributed by atoms with van der Waals surface area (Å²) in [7, 11) is 0. The molecule has 1 amide bonds. The second-order valence-corrected chi connectivity index (χ2v) is 11.1. The molecule has 1 aliphatic heterocycles. The van der Waals surface area contributed by atoms with E-state index in [2.05, 4.69) is 29.2 Å². The van der Waals surface area contributed by atoms with Crippen molar-refractivity contribution in [3.8, 4) is 5.75 Å². The van der Waals surface area contributed by atoms with Crippen LogP contribution in [-0.4, -0.2) is 24.6 Å². The molecular formula is C26H30F4N2O3. The minimum Gasteiger partial charge on any atom is -0.403 e. The van der Waals surface area contributed by atoms with Crippen LogP contribution in [0, 0.1) is 40.3 Å². The Morgan fingerprint density at radius 2 is 1.91 bits per heavy atom. The Labute approximate surface area is 201 Å². The van der Waals surface area contributed by atoms with Gasteiger partial charge in [0, 0.05) is 42.1 Å². The first kappa shape index (κ1) is 24.1. The van der Waals surface area contributed by atoms with E-state index in [1.54, 1.807) is 6.08 Å². The van der Waals surface area contributed by atoms with E-state index >= 15 is 0 Å². The summed E-state index contributed by atoms with van der Waals surface area (Å²) >= 11 is 0. The molecule has 1 saturated heterocycles. The molecule has 0 bridgehead atoms. The largest absolute Gasteiger partial charge is 0.573 e. The lowest BCUT2D eigenvalue weighted by Crippen LogP contribution is -2.57. The summed E-state index contributed by atoms with van der Waals surface area (Å²) in [6.07, 6.45) is 1.42. The van der Waals surface area contributed by atoms with E-state index in [1.807, 2.05) is 0 Å². The monoisotopic (exact) mass is 494 g/mol. The van der Waals surface area contributed by atoms with E-state index in [1.165, 1.54) is 0 Å². The van der Waals surface area contributed by atoms with Crippen LogP contribution >= 0.6 is 0 Å². The van der Waals surface area contributed by atoms with E-state index in [-0.39, 0.29) is 34.1 Å². The summed E-state index contributed by atoms with van der Waals surface area (Å²) in [5, 5.41) is 6.12. The maximum absolute atomic E-state index is 13.6. The average Bonchev–Trinajstić information content (AvgIpc) is 3.12. The number of nitrogens with one attached hydrogen (secondary N) is 2. The zero-order valence-corrected chi connectivity index (χ0v) is 19.8. The van der Waals surface area contributed by atoms with E-state index in [0.29, 0.717) is 36.7 Å². The number of carbonyl (C=O) groups excluding carboxylic acids is 2. The summed E-state index contributed by atoms with van der Waals surface area (Å²) in [5.41, 5.74) is 0.485. The normalized spacial score (nSPS) is 36.3. The molecule has 0 spiro atoms. The number of allylic oxidation sites excluding steroid dienone is 2. The fourth-order valence-electron chi connectivity index (χ4n) is 7.60. The molecule has 35 heavy (non-hydrogen) atoms. The zero-order valence-electron chi connectivity index (χ0n) is 19.8. The van der Waals surface area contributed by atoms with Gasteiger partial charge in [0.25, 0.3) is 0 Å². The van der Waals surface area contributed by atoms with Gasteiger partial charge in [-0.3, -0.25) is 9.59 Å². The third kappa shape index (κ3) is 4.10. The number of halogens is 4. The summed E-state index contributed by atoms with van der Waals surface area (Å²) in [5.74, 6) is -1.13. The molecule has 2 saturated carbocycles. The first-order valence-corrected chi connectivity index (χ1v) is 12.3. The molecule has 3 fully saturated rings. The molecule has 5 rings (SSSR count). The van der Waals surface area contributed by atoms with Crippen molar-refractivity contribution < 1.29 is 31.9 Å². The minimum atomic E-state index is -5.00. The molecule has 0 aromatic heterocycles. The summed E-state index contributed by atoms with van der Waals surface area (Å²) < 4.78 is 56.0. The molecule has 1 aromatic rings. The molecule has 2 N–H and O–H groups in total. The van der Waals surface area contributed by atoms with Gasteiger partial charge < -0.3 is 15.4 Å². The third-order valence-corrected chi connectivity index (χ3v) is 9.34. The quantitative estimate of drug-likeness (QED) is 0.539. The molecule has 6 atom stereocenters. The molecule has 190 valence electrons. The highest BCUT2D eigenvalue weighted by molar-refractivity contribution is 5.94. The van der Waals surface area contributed by atoms with Crippen molar-refractivity contribution in [2.45, 2.75) is 58.7 Å². The van der Waals surface area contributed by atoms with Gasteiger partial charge in [0.15, 0.2) is 11.5 Å². The van der Waals surface area contributed by atoms with Crippen LogP contribution in [0.25, 0.3) is 0 Å². The van der Waals surface area contributed by atoms with Crippen LogP contribution in [0.4, 0.5) is 23.2 Å². The number of fused-ring (bicyclic) bond motifs is 5. The number of ether oxygens (including phenoxy) is 1. The van der Waals surface area contributed by atoms with Gasteiger partial charge in [0.1, 0.15) is 5.82 Å². The van der Waals surface area contributed by atoms with Gasteiger partial charge in [0.05, 0.1) is 5.69 Å². The maximum Gasteiger partial charge on any atom is 0.573 e. The Balaban J connectivity index is 1.36. The molecule has 1 aromatic carbocycles. The SMILES string of the molecule is C[C@]12CCC3C(CNC4=CC(=O)CC[C@@]43C)C1CCC2C(=O)Nc1ccc(F)cc1OC(F)(F)F. The van der Waals surface area contributed by atoms with Gasteiger partial charge in [-0.15, -0.1) is 13.2 Å². The van der Waals surface area contributed by atoms with Gasteiger partial charge in [-0.2, -0.15) is 0 Å². The van der Waals surface area contributed by atoms with Crippen molar-refractivity contribution in [2.75, 3.05) is 11.9 Å². The van der Waals surface area contributed by atoms with Crippen molar-refractivity contribution in [3.05, 3.63) is 35.8 Å². The van der Waals surface area contributed by atoms with E-state index in [9.17, 15) is 27.2 Å². The van der Waals surface area contributed by atoms with E-state index < -0.39 is 17.9 Å². The van der Waals surface area contributed by atoms with Crippen molar-refractivity contribution in [1.82, 2.24) is 5.32 Å². The van der Waals surface area contributed by atoms with Crippen LogP contribution in [0.1, 0.15) is 52.4 Å². The second kappa shape index (κ2) is 8.23. The summed E-state index contributed by atoms with van der Waals surface area (Å²) in [4.78, 5) is 25.3. The number of piperidine rings is 1. The van der Waals surface area contributed by atoms with Crippen LogP contribution in [0.5, 0.6) is 5.75 Å². The zero-order chi connectivity index (χ0) is 25.2. The van der Waals surface area contributed by atoms with Gasteiger partial charge in [-0.25, -0.2) is 4.39 Å². The minimum absolute atomic E-state index is 0.0730. The Morgan fingerprint density at radius 1 is 1.14 bits per heavy atom. The highest BCUT2D eigenvalue weighted by atomic mass is 19.4. The van der Waals surface area contributed by atoms with Gasteiger partial charge >= 0.3 is 6.36 Å². The average molecular weight is 495 g/mol. The number of hydrogen-bond acceptors (Lipinski definition) is 4. The topological polar surface area (TPSA) is 67.4 Å². The number of anilines is 1. The third-order valence-electron chi connectivity index (χ3n) is 9.34. The number of hydrogen-bond donors (Lipinski definition) is 2. The standard InChI is InChI=1S/C26H30F4N2O3/c1-24-10-8-18-16(13-31-22-12-15(33)7-9-25(18,22)2)17(24)4-5-19(24)23(34)32-20-6-3-14(27)11-21(20)35-26(28,29)30/h3,6,11-12,16-19,31H,4-5,7-10,13H2,1-2H3,(H,32,34)/t16?,17?,18?,19?,24-,25+/m0/s1. The number of amides is 1. The first-order chi connectivity index (χ1) is 16.4. The van der Waals surface area contributed by atoms with Crippen LogP contribution < -0.4 is 15.4 Å². The number of rotatable bonds is 3. The van der Waals surface area contributed by atoms with Crippen molar-refractivity contribution in [3.63, 3.8) is 0 Å². The first-order valence-electron chi connectivity index (χ1n) is 12.3. The molecular weight excluding hydrogens is 464 g/mol. The summed E-state index contributed by atoms with van der Waals surface area (Å²) in [6.45, 7) is 5.13. The lowest BCUT2D eigenvalue weighted by molar-refractivity contribution is -0.274. The van der Waals surface area contributed by atoms with Crippen LogP contribution in [0.3, 0.4) is 0 Å². The maximum atomic E-state index is 13.6. The number of benzene rings is 1. The van der Waals surface area contributed by atoms with Crippen molar-refractivity contribution in [2.24, 2.45) is 34.5 Å². The highest BCUT2D eigenvalue weighted by Gasteiger charge is 2.60. The predicted molar refractivity (Wildman–Crippen MR) is 121 cm³/mol. The van der Waals surface area contributed by atoms with Gasteiger partial charge in [0.2, 0.25) is 5.91 Å². The predicted octanol–water partition coefficient (Wildman–Crippen LogP) is 5.58. The molecule has 3 aliphatic carbocycles. The van der Waals surface area contributed by atoms with Crippen LogP contribution in [0.15, 0.2) is 30.0 Å². The molecule has 0 radical (unpaired) electrons. The second-order valence-electron chi connectivity index (χ2n) is 11.1. The fraction of sp³-hybridized carbons (Fsp3) is 0.615. The number of carbonyl (C=O) groups is 2. The Kier molecular flexibility index (Phi) is 5.68. The fourth-order valence-corrected chi connectivity index (χ4v) is 7.60. The number of alkyl halides is 3. The van der Waals surface area contributed by atoms with Gasteiger partial charge in [-0.05, 0) is 67.4 Å². The molecule has 5 nitrogen and oxygen atoms in total. The summed E-state index contributed by atoms with van der Waals surface area (Å²) in [6, 6.07) is 2.73. The molecule has 9 heteroatoms. The van der Waals surface area contributed by atoms with E-state index in [4.69, 9.17) is 0 Å². The van der Waals surface area contributed by atoms with Crippen LogP contribution in [-0.2, 0) is 9.59 Å². The Bertz CT molecular complexity index is 1090. The Hall–Kier alpha value is -2.58. The number of ketones is 1.